The first-order chi connectivity index (χ1) is 7.25. The zero-order chi connectivity index (χ0) is 10.7. The molecule has 0 spiro atoms. The lowest BCUT2D eigenvalue weighted by Gasteiger charge is -2.09. The van der Waals surface area contributed by atoms with Gasteiger partial charge in [0, 0.05) is 22.9 Å². The van der Waals surface area contributed by atoms with Gasteiger partial charge in [0.1, 0.15) is 0 Å². The number of hydrogen-bond donors (Lipinski definition) is 1. The molecule has 1 unspecified atom stereocenters. The number of anilines is 1. The Kier molecular flexibility index (Phi) is 3.54. The minimum atomic E-state index is 0.452. The molecule has 2 N–H and O–H groups in total. The summed E-state index contributed by atoms with van der Waals surface area (Å²) in [7, 11) is 0. The molecule has 1 fully saturated rings. The van der Waals surface area contributed by atoms with Crippen molar-refractivity contribution in [2.24, 2.45) is 0 Å². The third-order valence-electron chi connectivity index (χ3n) is 2.70. The molecule has 0 bridgehead atoms. The Morgan fingerprint density at radius 3 is 3.07 bits per heavy atom. The fourth-order valence-electron chi connectivity index (χ4n) is 1.70. The smallest absolute Gasteiger partial charge is 0.0669 e. The molecule has 1 heterocycles. The van der Waals surface area contributed by atoms with Gasteiger partial charge in [-0.3, -0.25) is 0 Å². The van der Waals surface area contributed by atoms with Crippen molar-refractivity contribution in [3.8, 4) is 0 Å². The minimum absolute atomic E-state index is 0.452. The Hall–Kier alpha value is -0.670. The lowest BCUT2D eigenvalue weighted by atomic mass is 10.2. The predicted octanol–water partition coefficient (Wildman–Crippen LogP) is 2.85. The average Bonchev–Trinajstić information content (AvgIpc) is 2.73. The molecule has 0 aromatic heterocycles. The summed E-state index contributed by atoms with van der Waals surface area (Å²) in [6.07, 6.45) is 2.88. The molecule has 1 aliphatic heterocycles. The third kappa shape index (κ3) is 2.89. The second-order valence-electron chi connectivity index (χ2n) is 3.96. The number of nitrogens with two attached hydrogens (primary N) is 1. The van der Waals surface area contributed by atoms with Crippen LogP contribution in [0.15, 0.2) is 23.1 Å². The van der Waals surface area contributed by atoms with Crippen LogP contribution in [0.2, 0.25) is 0 Å². The molecule has 0 radical (unpaired) electrons. The first-order valence-corrected chi connectivity index (χ1v) is 6.35. The second-order valence-corrected chi connectivity index (χ2v) is 5.06. The first kappa shape index (κ1) is 10.8. The lowest BCUT2D eigenvalue weighted by Crippen LogP contribution is -2.07. The van der Waals surface area contributed by atoms with Crippen molar-refractivity contribution < 1.29 is 4.74 Å². The molecule has 2 rings (SSSR count). The highest BCUT2D eigenvalue weighted by molar-refractivity contribution is 7.99. The zero-order valence-electron chi connectivity index (χ0n) is 9.03. The molecule has 1 aliphatic rings. The normalized spacial score (nSPS) is 20.7. The molecule has 0 amide bonds. The van der Waals surface area contributed by atoms with Crippen LogP contribution in [0.3, 0.4) is 0 Å². The van der Waals surface area contributed by atoms with Crippen molar-refractivity contribution in [3.63, 3.8) is 0 Å². The van der Waals surface area contributed by atoms with E-state index in [1.54, 1.807) is 0 Å². The maximum Gasteiger partial charge on any atom is 0.0669 e. The summed E-state index contributed by atoms with van der Waals surface area (Å²) in [6, 6.07) is 6.21. The van der Waals surface area contributed by atoms with Gasteiger partial charge in [0.15, 0.2) is 0 Å². The Bertz CT molecular complexity index is 334. The van der Waals surface area contributed by atoms with E-state index < -0.39 is 0 Å². The second kappa shape index (κ2) is 4.90. The summed E-state index contributed by atoms with van der Waals surface area (Å²) in [5.74, 6) is 1.06. The van der Waals surface area contributed by atoms with Gasteiger partial charge in [-0.15, -0.1) is 11.8 Å². The number of nitrogen functional groups attached to an aromatic ring is 1. The highest BCUT2D eigenvalue weighted by Crippen LogP contribution is 2.26. The van der Waals surface area contributed by atoms with Gasteiger partial charge in [0.2, 0.25) is 0 Å². The van der Waals surface area contributed by atoms with Crippen LogP contribution in [0.25, 0.3) is 0 Å². The Balaban J connectivity index is 1.90. The molecule has 1 atom stereocenters. The Labute approximate surface area is 95.2 Å². The maximum absolute atomic E-state index is 5.77. The Morgan fingerprint density at radius 1 is 1.53 bits per heavy atom. The summed E-state index contributed by atoms with van der Waals surface area (Å²) >= 11 is 1.86. The zero-order valence-corrected chi connectivity index (χ0v) is 9.85. The van der Waals surface area contributed by atoms with Crippen molar-refractivity contribution in [2.45, 2.75) is 30.8 Å². The quantitative estimate of drug-likeness (QED) is 0.632. The summed E-state index contributed by atoms with van der Waals surface area (Å²) < 4.78 is 5.58. The maximum atomic E-state index is 5.77. The minimum Gasteiger partial charge on any atom is -0.399 e. The van der Waals surface area contributed by atoms with Gasteiger partial charge in [-0.1, -0.05) is 0 Å². The summed E-state index contributed by atoms with van der Waals surface area (Å²) in [6.45, 7) is 2.98. The monoisotopic (exact) mass is 223 g/mol. The SMILES string of the molecule is Cc1cc(SCC2CCCO2)ccc1N. The molecule has 0 saturated carbocycles. The van der Waals surface area contributed by atoms with Crippen molar-refractivity contribution in [1.29, 1.82) is 0 Å². The van der Waals surface area contributed by atoms with Crippen LogP contribution < -0.4 is 5.73 Å². The van der Waals surface area contributed by atoms with Crippen LogP contribution >= 0.6 is 11.8 Å². The fourth-order valence-corrected chi connectivity index (χ4v) is 2.77. The number of ether oxygens (including phenoxy) is 1. The van der Waals surface area contributed by atoms with Crippen molar-refractivity contribution in [3.05, 3.63) is 23.8 Å². The molecule has 3 heteroatoms. The highest BCUT2D eigenvalue weighted by atomic mass is 32.2. The van der Waals surface area contributed by atoms with E-state index in [4.69, 9.17) is 10.5 Å². The molecule has 2 nitrogen and oxygen atoms in total. The van der Waals surface area contributed by atoms with Crippen LogP contribution in [0.4, 0.5) is 5.69 Å². The average molecular weight is 223 g/mol. The molecule has 0 aliphatic carbocycles. The number of thioether (sulfide) groups is 1. The van der Waals surface area contributed by atoms with Gasteiger partial charge < -0.3 is 10.5 Å². The van der Waals surface area contributed by atoms with Gasteiger partial charge in [-0.25, -0.2) is 0 Å². The predicted molar refractivity (Wildman–Crippen MR) is 65.3 cm³/mol. The number of aryl methyl sites for hydroxylation is 1. The third-order valence-corrected chi connectivity index (χ3v) is 3.83. The van der Waals surface area contributed by atoms with E-state index in [1.807, 2.05) is 24.8 Å². The van der Waals surface area contributed by atoms with E-state index in [0.717, 1.165) is 23.6 Å². The van der Waals surface area contributed by atoms with E-state index in [9.17, 15) is 0 Å². The van der Waals surface area contributed by atoms with E-state index in [1.165, 1.54) is 17.7 Å². The van der Waals surface area contributed by atoms with Crippen LogP contribution in [0, 0.1) is 6.92 Å². The fraction of sp³-hybridized carbons (Fsp3) is 0.500. The Morgan fingerprint density at radius 2 is 2.40 bits per heavy atom. The van der Waals surface area contributed by atoms with E-state index in [-0.39, 0.29) is 0 Å². The highest BCUT2D eigenvalue weighted by Gasteiger charge is 2.15. The number of rotatable bonds is 3. The topological polar surface area (TPSA) is 35.2 Å². The molecular weight excluding hydrogens is 206 g/mol. The first-order valence-electron chi connectivity index (χ1n) is 5.36. The van der Waals surface area contributed by atoms with E-state index in [2.05, 4.69) is 12.1 Å². The van der Waals surface area contributed by atoms with Gasteiger partial charge in [-0.05, 0) is 43.5 Å². The van der Waals surface area contributed by atoms with E-state index >= 15 is 0 Å². The standard InChI is InChI=1S/C12H17NOS/c1-9-7-11(4-5-12(9)13)15-8-10-3-2-6-14-10/h4-5,7,10H,2-3,6,8,13H2,1H3. The molecule has 82 valence electrons. The molecular formula is C12H17NOS. The lowest BCUT2D eigenvalue weighted by molar-refractivity contribution is 0.129. The van der Waals surface area contributed by atoms with Crippen molar-refractivity contribution in [2.75, 3.05) is 18.1 Å². The molecule has 1 saturated heterocycles. The van der Waals surface area contributed by atoms with Crippen LogP contribution in [-0.4, -0.2) is 18.5 Å². The van der Waals surface area contributed by atoms with Crippen molar-refractivity contribution in [1.82, 2.24) is 0 Å². The van der Waals surface area contributed by atoms with Gasteiger partial charge >= 0.3 is 0 Å². The number of hydrogen-bond acceptors (Lipinski definition) is 3. The summed E-state index contributed by atoms with van der Waals surface area (Å²) in [5.41, 5.74) is 7.80. The van der Waals surface area contributed by atoms with Gasteiger partial charge in [0.25, 0.3) is 0 Å². The van der Waals surface area contributed by atoms with Crippen LogP contribution in [0.5, 0.6) is 0 Å². The van der Waals surface area contributed by atoms with Gasteiger partial charge in [-0.2, -0.15) is 0 Å². The van der Waals surface area contributed by atoms with Crippen LogP contribution in [0.1, 0.15) is 18.4 Å². The number of benzene rings is 1. The van der Waals surface area contributed by atoms with Gasteiger partial charge in [0.05, 0.1) is 6.10 Å². The molecule has 1 aromatic rings. The van der Waals surface area contributed by atoms with Crippen molar-refractivity contribution >= 4 is 17.4 Å². The van der Waals surface area contributed by atoms with E-state index in [0.29, 0.717) is 6.10 Å². The van der Waals surface area contributed by atoms with Crippen LogP contribution in [-0.2, 0) is 4.74 Å². The summed E-state index contributed by atoms with van der Waals surface area (Å²) in [4.78, 5) is 1.29. The summed E-state index contributed by atoms with van der Waals surface area (Å²) in [5, 5.41) is 0. The molecule has 15 heavy (non-hydrogen) atoms. The molecule has 1 aromatic carbocycles. The largest absolute Gasteiger partial charge is 0.399 e.